The van der Waals surface area contributed by atoms with E-state index in [4.69, 9.17) is 0 Å². The minimum absolute atomic E-state index is 0.256. The molecule has 0 bridgehead atoms. The summed E-state index contributed by atoms with van der Waals surface area (Å²) < 4.78 is 31.4. The van der Waals surface area contributed by atoms with Gasteiger partial charge in [0.05, 0.1) is 6.20 Å². The number of piperidine rings is 1. The third kappa shape index (κ3) is 3.97. The minimum Gasteiger partial charge on any atom is -0.313 e. The fourth-order valence-corrected chi connectivity index (χ4v) is 5.76. The average Bonchev–Trinajstić information content (AvgIpc) is 3.31. The molecular formula is C19H31N7O2S. The van der Waals surface area contributed by atoms with Crippen LogP contribution >= 0.6 is 0 Å². The molecule has 2 aromatic rings. The zero-order valence-electron chi connectivity index (χ0n) is 17.5. The normalized spacial score (nSPS) is 20.1. The maximum atomic E-state index is 12.9. The van der Waals surface area contributed by atoms with Gasteiger partial charge in [-0.3, -0.25) is 9.58 Å². The summed E-state index contributed by atoms with van der Waals surface area (Å²) in [6, 6.07) is 0.529. The molecule has 0 unspecified atom stereocenters. The molecular weight excluding hydrogens is 390 g/mol. The summed E-state index contributed by atoms with van der Waals surface area (Å²) in [6.07, 6.45) is 5.52. The second-order valence-corrected chi connectivity index (χ2v) is 10.2. The van der Waals surface area contributed by atoms with Gasteiger partial charge in [0.25, 0.3) is 0 Å². The molecule has 0 N–H and O–H groups in total. The minimum atomic E-state index is -3.48. The third-order valence-corrected chi connectivity index (χ3v) is 8.06. The van der Waals surface area contributed by atoms with Gasteiger partial charge in [0.2, 0.25) is 10.0 Å². The number of hydrogen-bond donors (Lipinski definition) is 0. The monoisotopic (exact) mass is 421 g/mol. The van der Waals surface area contributed by atoms with Gasteiger partial charge in [-0.25, -0.2) is 8.42 Å². The van der Waals surface area contributed by atoms with Crippen molar-refractivity contribution in [3.05, 3.63) is 24.0 Å². The van der Waals surface area contributed by atoms with Crippen LogP contribution in [0.1, 0.15) is 51.2 Å². The first-order valence-electron chi connectivity index (χ1n) is 10.6. The van der Waals surface area contributed by atoms with Crippen molar-refractivity contribution in [3.63, 3.8) is 0 Å². The number of nitrogens with zero attached hydrogens (tertiary/aromatic N) is 7. The van der Waals surface area contributed by atoms with Crippen molar-refractivity contribution < 1.29 is 8.42 Å². The molecule has 2 aromatic heterocycles. The average molecular weight is 422 g/mol. The lowest BCUT2D eigenvalue weighted by Crippen LogP contribution is -2.38. The molecule has 160 valence electrons. The molecule has 0 aliphatic carbocycles. The summed E-state index contributed by atoms with van der Waals surface area (Å²) in [6.45, 7) is 11.0. The molecule has 1 saturated heterocycles. The molecule has 1 fully saturated rings. The van der Waals surface area contributed by atoms with Crippen molar-refractivity contribution in [1.29, 1.82) is 0 Å². The topological polar surface area (TPSA) is 89.2 Å². The largest absolute Gasteiger partial charge is 0.313 e. The van der Waals surface area contributed by atoms with Crippen LogP contribution in [0.4, 0.5) is 0 Å². The zero-order valence-corrected chi connectivity index (χ0v) is 18.3. The predicted octanol–water partition coefficient (Wildman–Crippen LogP) is 1.33. The number of hydrogen-bond acceptors (Lipinski definition) is 6. The number of fused-ring (bicyclic) bond motifs is 1. The Morgan fingerprint density at radius 3 is 2.52 bits per heavy atom. The highest BCUT2D eigenvalue weighted by Gasteiger charge is 2.33. The number of aryl methyl sites for hydroxylation is 1. The van der Waals surface area contributed by atoms with Crippen molar-refractivity contribution in [2.75, 3.05) is 26.2 Å². The zero-order chi connectivity index (χ0) is 20.6. The van der Waals surface area contributed by atoms with E-state index in [1.165, 1.54) is 6.20 Å². The van der Waals surface area contributed by atoms with Crippen LogP contribution in [-0.2, 0) is 29.5 Å². The summed E-state index contributed by atoms with van der Waals surface area (Å²) in [5.41, 5.74) is 0. The van der Waals surface area contributed by atoms with Crippen LogP contribution in [0.25, 0.3) is 0 Å². The summed E-state index contributed by atoms with van der Waals surface area (Å²) in [5.74, 6) is 2.35. The molecule has 0 amide bonds. The van der Waals surface area contributed by atoms with E-state index < -0.39 is 10.0 Å². The van der Waals surface area contributed by atoms with E-state index in [-0.39, 0.29) is 10.8 Å². The van der Waals surface area contributed by atoms with Gasteiger partial charge in [0.15, 0.2) is 0 Å². The molecule has 0 spiro atoms. The summed E-state index contributed by atoms with van der Waals surface area (Å²) in [4.78, 5) is 2.76. The van der Waals surface area contributed by atoms with Gasteiger partial charge in [-0.15, -0.1) is 10.2 Å². The molecule has 29 heavy (non-hydrogen) atoms. The van der Waals surface area contributed by atoms with Crippen LogP contribution in [0.3, 0.4) is 0 Å². The van der Waals surface area contributed by atoms with Crippen molar-refractivity contribution in [2.45, 2.75) is 70.0 Å². The first-order chi connectivity index (χ1) is 13.9. The SMILES string of the molecule is CCn1cc(S(=O)(=O)N2CCC(c3nnc4n3CCN(C(C)C)CC4)CC2)cn1. The lowest BCUT2D eigenvalue weighted by Gasteiger charge is -2.30. The number of sulfonamides is 1. The molecule has 0 radical (unpaired) electrons. The molecule has 2 aliphatic heterocycles. The second-order valence-electron chi connectivity index (χ2n) is 8.22. The number of rotatable bonds is 5. The van der Waals surface area contributed by atoms with E-state index in [0.717, 1.165) is 50.5 Å². The van der Waals surface area contributed by atoms with E-state index in [1.807, 2.05) is 6.92 Å². The van der Waals surface area contributed by atoms with E-state index in [9.17, 15) is 8.42 Å². The molecule has 4 heterocycles. The Morgan fingerprint density at radius 2 is 1.86 bits per heavy atom. The fourth-order valence-electron chi connectivity index (χ4n) is 4.33. The summed E-state index contributed by atoms with van der Waals surface area (Å²) in [5, 5.41) is 13.1. The maximum absolute atomic E-state index is 12.9. The van der Waals surface area contributed by atoms with Crippen LogP contribution < -0.4 is 0 Å². The Bertz CT molecular complexity index is 942. The quantitative estimate of drug-likeness (QED) is 0.724. The molecule has 2 aliphatic rings. The van der Waals surface area contributed by atoms with Crippen LogP contribution in [0.15, 0.2) is 17.3 Å². The van der Waals surface area contributed by atoms with Gasteiger partial charge in [-0.1, -0.05) is 0 Å². The van der Waals surface area contributed by atoms with Gasteiger partial charge in [0, 0.05) is 63.8 Å². The van der Waals surface area contributed by atoms with Crippen LogP contribution in [0.2, 0.25) is 0 Å². The van der Waals surface area contributed by atoms with Gasteiger partial charge in [-0.2, -0.15) is 9.40 Å². The first kappa shape index (κ1) is 20.5. The molecule has 0 atom stereocenters. The van der Waals surface area contributed by atoms with Gasteiger partial charge in [-0.05, 0) is 33.6 Å². The maximum Gasteiger partial charge on any atom is 0.246 e. The van der Waals surface area contributed by atoms with Gasteiger partial charge >= 0.3 is 0 Å². The Labute approximate surface area is 172 Å². The Balaban J connectivity index is 1.44. The van der Waals surface area contributed by atoms with Crippen LogP contribution in [-0.4, -0.2) is 74.4 Å². The fraction of sp³-hybridized carbons (Fsp3) is 0.737. The van der Waals surface area contributed by atoms with E-state index in [0.29, 0.717) is 25.7 Å². The Kier molecular flexibility index (Phi) is 5.76. The standard InChI is InChI=1S/C19H31N7O2S/c1-4-24-14-17(13-20-24)29(27,28)25-9-5-16(6-10-25)19-22-21-18-7-8-23(15(2)3)11-12-26(18)19/h13-16H,4-12H2,1-3H3. The molecule has 9 nitrogen and oxygen atoms in total. The van der Waals surface area contributed by atoms with Crippen molar-refractivity contribution >= 4 is 10.0 Å². The molecule has 0 aromatic carbocycles. The number of aromatic nitrogens is 5. The predicted molar refractivity (Wildman–Crippen MR) is 109 cm³/mol. The molecule has 0 saturated carbocycles. The van der Waals surface area contributed by atoms with Crippen LogP contribution in [0.5, 0.6) is 0 Å². The highest BCUT2D eigenvalue weighted by molar-refractivity contribution is 7.89. The smallest absolute Gasteiger partial charge is 0.246 e. The Hall–Kier alpha value is -1.78. The van der Waals surface area contributed by atoms with E-state index in [1.54, 1.807) is 15.2 Å². The lowest BCUT2D eigenvalue weighted by atomic mass is 9.97. The van der Waals surface area contributed by atoms with Gasteiger partial charge in [0.1, 0.15) is 16.5 Å². The third-order valence-electron chi connectivity index (χ3n) is 6.21. The van der Waals surface area contributed by atoms with E-state index in [2.05, 4.69) is 38.6 Å². The Morgan fingerprint density at radius 1 is 1.10 bits per heavy atom. The first-order valence-corrected chi connectivity index (χ1v) is 12.0. The summed E-state index contributed by atoms with van der Waals surface area (Å²) >= 11 is 0. The van der Waals surface area contributed by atoms with Crippen LogP contribution in [0, 0.1) is 0 Å². The van der Waals surface area contributed by atoms with Gasteiger partial charge < -0.3 is 4.57 Å². The highest BCUT2D eigenvalue weighted by Crippen LogP contribution is 2.30. The van der Waals surface area contributed by atoms with Crippen molar-refractivity contribution in [1.82, 2.24) is 33.8 Å². The lowest BCUT2D eigenvalue weighted by molar-refractivity contribution is 0.225. The summed E-state index contributed by atoms with van der Waals surface area (Å²) in [7, 11) is -3.48. The van der Waals surface area contributed by atoms with Crippen molar-refractivity contribution in [3.8, 4) is 0 Å². The van der Waals surface area contributed by atoms with Crippen molar-refractivity contribution in [2.24, 2.45) is 0 Å². The molecule has 10 heteroatoms. The van der Waals surface area contributed by atoms with E-state index >= 15 is 0 Å². The highest BCUT2D eigenvalue weighted by atomic mass is 32.2. The second kappa shape index (κ2) is 8.16. The molecule has 4 rings (SSSR count).